The van der Waals surface area contributed by atoms with E-state index in [2.05, 4.69) is 11.4 Å². The van der Waals surface area contributed by atoms with Crippen LogP contribution in [0.15, 0.2) is 53.4 Å². The fraction of sp³-hybridized carbons (Fsp3) is 0.188. The van der Waals surface area contributed by atoms with Gasteiger partial charge in [0.15, 0.2) is 0 Å². The molecule has 2 aromatic carbocycles. The van der Waals surface area contributed by atoms with E-state index in [4.69, 9.17) is 5.73 Å². The summed E-state index contributed by atoms with van der Waals surface area (Å²) in [6.45, 7) is 0.594. The number of nitriles is 1. The van der Waals surface area contributed by atoms with Crippen LogP contribution in [-0.2, 0) is 0 Å². The molecule has 0 saturated carbocycles. The zero-order valence-corrected chi connectivity index (χ0v) is 12.2. The number of nitrogens with zero attached hydrogens (tertiary/aromatic N) is 1. The molecule has 20 heavy (non-hydrogen) atoms. The fourth-order valence-corrected chi connectivity index (χ4v) is 2.58. The lowest BCUT2D eigenvalue weighted by atomic mass is 10.1. The number of rotatable bonds is 5. The maximum absolute atomic E-state index is 9.28. The van der Waals surface area contributed by atoms with Gasteiger partial charge >= 0.3 is 0 Å². The molecule has 2 rings (SSSR count). The summed E-state index contributed by atoms with van der Waals surface area (Å²) in [6, 6.07) is 17.9. The summed E-state index contributed by atoms with van der Waals surface area (Å²) in [6.07, 6.45) is 1.97. The van der Waals surface area contributed by atoms with Crippen LogP contribution < -0.4 is 11.1 Å². The van der Waals surface area contributed by atoms with Crippen molar-refractivity contribution in [1.82, 2.24) is 0 Å². The van der Waals surface area contributed by atoms with E-state index in [0.29, 0.717) is 12.1 Å². The highest BCUT2D eigenvalue weighted by Gasteiger charge is 2.09. The van der Waals surface area contributed by atoms with Crippen molar-refractivity contribution in [3.8, 4) is 6.07 Å². The van der Waals surface area contributed by atoms with E-state index in [9.17, 15) is 5.26 Å². The van der Waals surface area contributed by atoms with Crippen molar-refractivity contribution in [2.75, 3.05) is 18.1 Å². The lowest BCUT2D eigenvalue weighted by molar-refractivity contribution is 0.764. The van der Waals surface area contributed by atoms with Gasteiger partial charge in [-0.25, -0.2) is 0 Å². The number of nitrogens with two attached hydrogens (primary N) is 1. The number of hydrogen-bond donors (Lipinski definition) is 2. The van der Waals surface area contributed by atoms with Crippen LogP contribution in [0.4, 0.5) is 5.69 Å². The second kappa shape index (κ2) is 6.99. The molecule has 0 spiro atoms. The summed E-state index contributed by atoms with van der Waals surface area (Å²) in [4.78, 5) is 0.978. The predicted octanol–water partition coefficient (Wildman–Crippen LogP) is 3.39. The van der Waals surface area contributed by atoms with Crippen LogP contribution in [0.1, 0.15) is 17.2 Å². The maximum Gasteiger partial charge on any atom is 0.102 e. The van der Waals surface area contributed by atoms with Crippen LogP contribution in [0.3, 0.4) is 0 Å². The third-order valence-electron chi connectivity index (χ3n) is 3.10. The highest BCUT2D eigenvalue weighted by molar-refractivity contribution is 7.98. The normalized spacial score (nSPS) is 11.7. The average molecular weight is 283 g/mol. The molecule has 0 amide bonds. The highest BCUT2D eigenvalue weighted by atomic mass is 32.2. The Morgan fingerprint density at radius 3 is 2.60 bits per heavy atom. The van der Waals surface area contributed by atoms with E-state index >= 15 is 0 Å². The average Bonchev–Trinajstić information content (AvgIpc) is 2.52. The largest absolute Gasteiger partial charge is 0.382 e. The van der Waals surface area contributed by atoms with E-state index < -0.39 is 0 Å². The number of anilines is 1. The molecular weight excluding hydrogens is 266 g/mol. The molecule has 0 aromatic heterocycles. The third-order valence-corrected chi connectivity index (χ3v) is 3.88. The van der Waals surface area contributed by atoms with Crippen LogP contribution in [0, 0.1) is 11.3 Å². The summed E-state index contributed by atoms with van der Waals surface area (Å²) in [5.74, 6) is 0. The molecule has 0 aliphatic rings. The first-order valence-corrected chi connectivity index (χ1v) is 7.60. The van der Waals surface area contributed by atoms with Crippen LogP contribution in [-0.4, -0.2) is 12.8 Å². The predicted molar refractivity (Wildman–Crippen MR) is 84.8 cm³/mol. The van der Waals surface area contributed by atoms with Gasteiger partial charge in [0.05, 0.1) is 11.3 Å². The minimum absolute atomic E-state index is 0.0966. The smallest absolute Gasteiger partial charge is 0.102 e. The van der Waals surface area contributed by atoms with Crippen molar-refractivity contribution >= 4 is 17.4 Å². The number of nitrogens with one attached hydrogen (secondary N) is 1. The molecule has 0 bridgehead atoms. The molecule has 1 unspecified atom stereocenters. The summed E-state index contributed by atoms with van der Waals surface area (Å²) in [5, 5.41) is 12.6. The minimum atomic E-state index is -0.0966. The van der Waals surface area contributed by atoms with E-state index in [1.54, 1.807) is 11.8 Å². The lowest BCUT2D eigenvalue weighted by Gasteiger charge is -2.15. The summed E-state index contributed by atoms with van der Waals surface area (Å²) >= 11 is 1.57. The SMILES string of the molecule is CSc1cccc(NCC(N)c2ccccc2)c1C#N. The Balaban J connectivity index is 2.10. The van der Waals surface area contributed by atoms with Gasteiger partial charge in [0, 0.05) is 17.5 Å². The lowest BCUT2D eigenvalue weighted by Crippen LogP contribution is -2.20. The van der Waals surface area contributed by atoms with Crippen molar-refractivity contribution in [3.05, 3.63) is 59.7 Å². The summed E-state index contributed by atoms with van der Waals surface area (Å²) in [5.41, 5.74) is 8.76. The van der Waals surface area contributed by atoms with Gasteiger partial charge in [0.2, 0.25) is 0 Å². The van der Waals surface area contributed by atoms with E-state index in [-0.39, 0.29) is 6.04 Å². The van der Waals surface area contributed by atoms with Gasteiger partial charge in [-0.3, -0.25) is 0 Å². The van der Waals surface area contributed by atoms with Crippen molar-refractivity contribution < 1.29 is 0 Å². The molecule has 2 aromatic rings. The Labute approximate surface area is 123 Å². The van der Waals surface area contributed by atoms with Crippen LogP contribution in [0.2, 0.25) is 0 Å². The molecule has 0 radical (unpaired) electrons. The van der Waals surface area contributed by atoms with Crippen LogP contribution >= 0.6 is 11.8 Å². The molecule has 0 fully saturated rings. The molecule has 0 saturated heterocycles. The number of thioether (sulfide) groups is 1. The molecule has 0 heterocycles. The maximum atomic E-state index is 9.28. The summed E-state index contributed by atoms with van der Waals surface area (Å²) < 4.78 is 0. The molecular formula is C16H17N3S. The van der Waals surface area contributed by atoms with Gasteiger partial charge in [-0.05, 0) is 24.0 Å². The first kappa shape index (κ1) is 14.4. The van der Waals surface area contributed by atoms with Gasteiger partial charge in [-0.1, -0.05) is 36.4 Å². The molecule has 0 aliphatic heterocycles. The van der Waals surface area contributed by atoms with Crippen molar-refractivity contribution in [2.24, 2.45) is 5.73 Å². The van der Waals surface area contributed by atoms with Gasteiger partial charge in [-0.15, -0.1) is 11.8 Å². The van der Waals surface area contributed by atoms with E-state index in [1.807, 2.05) is 54.8 Å². The topological polar surface area (TPSA) is 61.8 Å². The molecule has 3 N–H and O–H groups in total. The van der Waals surface area contributed by atoms with Crippen LogP contribution in [0.5, 0.6) is 0 Å². The van der Waals surface area contributed by atoms with Gasteiger partial charge in [0.25, 0.3) is 0 Å². The molecule has 102 valence electrons. The molecule has 0 aliphatic carbocycles. The standard InChI is InChI=1S/C16H17N3S/c1-20-16-9-5-8-15(13(16)10-17)19-11-14(18)12-6-3-2-4-7-12/h2-9,14,19H,11,18H2,1H3. The first-order valence-electron chi connectivity index (χ1n) is 6.37. The van der Waals surface area contributed by atoms with E-state index in [1.165, 1.54) is 0 Å². The monoisotopic (exact) mass is 283 g/mol. The van der Waals surface area contributed by atoms with Crippen molar-refractivity contribution in [2.45, 2.75) is 10.9 Å². The second-order valence-electron chi connectivity index (χ2n) is 4.39. The highest BCUT2D eigenvalue weighted by Crippen LogP contribution is 2.26. The van der Waals surface area contributed by atoms with Gasteiger partial charge < -0.3 is 11.1 Å². The molecule has 3 nitrogen and oxygen atoms in total. The Bertz CT molecular complexity index is 605. The van der Waals surface area contributed by atoms with Crippen LogP contribution in [0.25, 0.3) is 0 Å². The molecule has 1 atom stereocenters. The van der Waals surface area contributed by atoms with Crippen molar-refractivity contribution in [3.63, 3.8) is 0 Å². The zero-order valence-electron chi connectivity index (χ0n) is 11.3. The number of hydrogen-bond acceptors (Lipinski definition) is 4. The summed E-state index contributed by atoms with van der Waals surface area (Å²) in [7, 11) is 0. The minimum Gasteiger partial charge on any atom is -0.382 e. The van der Waals surface area contributed by atoms with Gasteiger partial charge in [-0.2, -0.15) is 5.26 Å². The quantitative estimate of drug-likeness (QED) is 0.826. The third kappa shape index (κ3) is 3.32. The fourth-order valence-electron chi connectivity index (χ4n) is 2.00. The first-order chi connectivity index (χ1) is 9.76. The Morgan fingerprint density at radius 1 is 1.20 bits per heavy atom. The van der Waals surface area contributed by atoms with Crippen molar-refractivity contribution in [1.29, 1.82) is 5.26 Å². The Kier molecular flexibility index (Phi) is 5.05. The van der Waals surface area contributed by atoms with E-state index in [0.717, 1.165) is 16.1 Å². The number of benzene rings is 2. The Hall–Kier alpha value is -1.96. The Morgan fingerprint density at radius 2 is 1.95 bits per heavy atom. The van der Waals surface area contributed by atoms with Gasteiger partial charge in [0.1, 0.15) is 6.07 Å². The zero-order chi connectivity index (χ0) is 14.4. The second-order valence-corrected chi connectivity index (χ2v) is 5.24. The molecule has 4 heteroatoms.